The number of benzene rings is 1. The number of halogens is 1. The molecule has 1 aromatic rings. The average Bonchev–Trinajstić information content (AvgIpc) is 2.37. The van der Waals surface area contributed by atoms with Crippen LogP contribution in [-0.2, 0) is 10.0 Å². The van der Waals surface area contributed by atoms with E-state index in [0.717, 1.165) is 12.1 Å². The van der Waals surface area contributed by atoms with Crippen molar-refractivity contribution < 1.29 is 8.42 Å². The summed E-state index contributed by atoms with van der Waals surface area (Å²) in [7, 11) is -1.21. The van der Waals surface area contributed by atoms with Gasteiger partial charge in [0.05, 0.1) is 5.75 Å². The van der Waals surface area contributed by atoms with E-state index in [4.69, 9.17) is 11.6 Å². The Labute approximate surface area is 120 Å². The van der Waals surface area contributed by atoms with Crippen molar-refractivity contribution in [1.29, 1.82) is 0 Å². The van der Waals surface area contributed by atoms with Gasteiger partial charge < -0.3 is 4.90 Å². The Bertz CT molecular complexity index is 474. The summed E-state index contributed by atoms with van der Waals surface area (Å²) in [6.07, 6.45) is 1.58. The first-order valence-corrected chi connectivity index (χ1v) is 8.41. The normalized spacial score (nSPS) is 11.5. The van der Waals surface area contributed by atoms with Gasteiger partial charge in [0.15, 0.2) is 0 Å². The maximum atomic E-state index is 11.6. The van der Waals surface area contributed by atoms with Crippen LogP contribution in [0.4, 0.5) is 5.69 Å². The van der Waals surface area contributed by atoms with Crippen LogP contribution in [0.25, 0.3) is 0 Å². The topological polar surface area (TPSA) is 49.4 Å². The molecule has 0 heterocycles. The third-order valence-electron chi connectivity index (χ3n) is 2.80. The van der Waals surface area contributed by atoms with E-state index < -0.39 is 10.0 Å². The van der Waals surface area contributed by atoms with Gasteiger partial charge in [-0.15, -0.1) is 0 Å². The Morgan fingerprint density at radius 3 is 2.47 bits per heavy atom. The van der Waals surface area contributed by atoms with Crippen molar-refractivity contribution >= 4 is 27.3 Å². The highest BCUT2D eigenvalue weighted by atomic mass is 35.5. The van der Waals surface area contributed by atoms with Crippen LogP contribution in [0.5, 0.6) is 0 Å². The molecule has 0 aromatic heterocycles. The van der Waals surface area contributed by atoms with E-state index in [-0.39, 0.29) is 5.75 Å². The molecule has 0 aliphatic heterocycles. The maximum Gasteiger partial charge on any atom is 0.211 e. The van der Waals surface area contributed by atoms with E-state index in [0.29, 0.717) is 24.5 Å². The van der Waals surface area contributed by atoms with E-state index >= 15 is 0 Å². The van der Waals surface area contributed by atoms with Gasteiger partial charge in [-0.1, -0.05) is 24.9 Å². The summed E-state index contributed by atoms with van der Waals surface area (Å²) in [4.78, 5) is 1.98. The smallest absolute Gasteiger partial charge is 0.211 e. The number of likely N-dealkylation sites (N-methyl/N-ethyl adjacent to an activating group) is 1. The maximum absolute atomic E-state index is 11.6. The van der Waals surface area contributed by atoms with Crippen LogP contribution in [0.1, 0.15) is 19.8 Å². The minimum absolute atomic E-state index is 0.203. The molecule has 0 aliphatic rings. The minimum Gasteiger partial charge on any atom is -0.373 e. The predicted octanol–water partition coefficient (Wildman–Crippen LogP) is 2.50. The largest absolute Gasteiger partial charge is 0.373 e. The van der Waals surface area contributed by atoms with Crippen LogP contribution in [0.15, 0.2) is 24.3 Å². The van der Waals surface area contributed by atoms with Crippen LogP contribution in [0.2, 0.25) is 5.02 Å². The Hall–Kier alpha value is -0.780. The van der Waals surface area contributed by atoms with Gasteiger partial charge in [-0.3, -0.25) is 0 Å². The van der Waals surface area contributed by atoms with Gasteiger partial charge in [0.1, 0.15) is 0 Å². The summed E-state index contributed by atoms with van der Waals surface area (Å²) < 4.78 is 25.8. The molecular formula is C13H21ClN2O2S. The van der Waals surface area contributed by atoms with Crippen LogP contribution in [0.3, 0.4) is 0 Å². The second-order valence-corrected chi connectivity index (χ2v) is 6.83. The number of hydrogen-bond donors (Lipinski definition) is 1. The second-order valence-electron chi connectivity index (χ2n) is 4.46. The summed E-state index contributed by atoms with van der Waals surface area (Å²) in [6.45, 7) is 3.00. The summed E-state index contributed by atoms with van der Waals surface area (Å²) in [5, 5.41) is 0.692. The van der Waals surface area contributed by atoms with Crippen molar-refractivity contribution in [3.05, 3.63) is 29.3 Å². The van der Waals surface area contributed by atoms with Gasteiger partial charge in [-0.25, -0.2) is 13.1 Å². The highest BCUT2D eigenvalue weighted by Crippen LogP contribution is 2.16. The first kappa shape index (κ1) is 16.3. The summed E-state index contributed by atoms with van der Waals surface area (Å²) in [5.74, 6) is 0.203. The molecule has 0 spiro atoms. The van der Waals surface area contributed by atoms with Gasteiger partial charge in [0.2, 0.25) is 10.0 Å². The molecular weight excluding hydrogens is 284 g/mol. The van der Waals surface area contributed by atoms with E-state index in [1.165, 1.54) is 0 Å². The number of nitrogens with one attached hydrogen (secondary N) is 1. The molecule has 0 fully saturated rings. The molecule has 0 bridgehead atoms. The number of anilines is 1. The molecule has 1 aromatic carbocycles. The summed E-state index contributed by atoms with van der Waals surface area (Å²) in [6, 6.07) is 7.46. The standard InChI is InChI=1S/C13H21ClN2O2S/c1-3-4-11-19(17,18)15-9-10-16(2)13-7-5-12(14)6-8-13/h5-8,15H,3-4,9-11H2,1-2H3. The van der Waals surface area contributed by atoms with Crippen LogP contribution in [-0.4, -0.2) is 34.3 Å². The van der Waals surface area contributed by atoms with E-state index in [9.17, 15) is 8.42 Å². The van der Waals surface area contributed by atoms with E-state index in [2.05, 4.69) is 4.72 Å². The van der Waals surface area contributed by atoms with Crippen LogP contribution < -0.4 is 9.62 Å². The van der Waals surface area contributed by atoms with Crippen molar-refractivity contribution in [3.63, 3.8) is 0 Å². The number of hydrogen-bond acceptors (Lipinski definition) is 3. The lowest BCUT2D eigenvalue weighted by molar-refractivity contribution is 0.578. The first-order chi connectivity index (χ1) is 8.94. The second kappa shape index (κ2) is 7.72. The van der Waals surface area contributed by atoms with E-state index in [1.54, 1.807) is 0 Å². The molecule has 4 nitrogen and oxygen atoms in total. The Kier molecular flexibility index (Phi) is 6.62. The monoisotopic (exact) mass is 304 g/mol. The predicted molar refractivity (Wildman–Crippen MR) is 81.4 cm³/mol. The van der Waals surface area contributed by atoms with E-state index in [1.807, 2.05) is 43.1 Å². The quantitative estimate of drug-likeness (QED) is 0.803. The number of sulfonamides is 1. The van der Waals surface area contributed by atoms with Crippen molar-refractivity contribution in [2.24, 2.45) is 0 Å². The fourth-order valence-electron chi connectivity index (χ4n) is 1.60. The molecule has 0 saturated carbocycles. The zero-order chi connectivity index (χ0) is 14.3. The molecule has 0 aliphatic carbocycles. The minimum atomic E-state index is -3.13. The average molecular weight is 305 g/mol. The molecule has 0 atom stereocenters. The van der Waals surface area contributed by atoms with Crippen LogP contribution in [0, 0.1) is 0 Å². The fraction of sp³-hybridized carbons (Fsp3) is 0.538. The first-order valence-electron chi connectivity index (χ1n) is 6.38. The van der Waals surface area contributed by atoms with Gasteiger partial charge in [0, 0.05) is 30.8 Å². The summed E-state index contributed by atoms with van der Waals surface area (Å²) in [5.41, 5.74) is 1.01. The Morgan fingerprint density at radius 1 is 1.26 bits per heavy atom. The van der Waals surface area contributed by atoms with Gasteiger partial charge in [-0.2, -0.15) is 0 Å². The van der Waals surface area contributed by atoms with Gasteiger partial charge >= 0.3 is 0 Å². The number of rotatable bonds is 8. The van der Waals surface area contributed by atoms with Crippen LogP contribution >= 0.6 is 11.6 Å². The molecule has 0 unspecified atom stereocenters. The zero-order valence-corrected chi connectivity index (χ0v) is 13.0. The molecule has 19 heavy (non-hydrogen) atoms. The van der Waals surface area contributed by atoms with Crippen molar-refractivity contribution in [2.45, 2.75) is 19.8 Å². The molecule has 1 N–H and O–H groups in total. The highest BCUT2D eigenvalue weighted by Gasteiger charge is 2.09. The molecule has 0 amide bonds. The molecule has 108 valence electrons. The highest BCUT2D eigenvalue weighted by molar-refractivity contribution is 7.89. The third-order valence-corrected chi connectivity index (χ3v) is 4.53. The van der Waals surface area contributed by atoms with Gasteiger partial charge in [0.25, 0.3) is 0 Å². The summed E-state index contributed by atoms with van der Waals surface area (Å²) >= 11 is 5.82. The number of nitrogens with zero attached hydrogens (tertiary/aromatic N) is 1. The van der Waals surface area contributed by atoms with Crippen molar-refractivity contribution in [3.8, 4) is 0 Å². The molecule has 1 rings (SSSR count). The van der Waals surface area contributed by atoms with Crippen molar-refractivity contribution in [1.82, 2.24) is 4.72 Å². The molecule has 6 heteroatoms. The van der Waals surface area contributed by atoms with Crippen molar-refractivity contribution in [2.75, 3.05) is 30.8 Å². The lowest BCUT2D eigenvalue weighted by Gasteiger charge is -2.19. The number of unbranched alkanes of at least 4 members (excludes halogenated alkanes) is 1. The zero-order valence-electron chi connectivity index (χ0n) is 11.4. The van der Waals surface area contributed by atoms with Gasteiger partial charge in [-0.05, 0) is 30.7 Å². The molecule has 0 saturated heterocycles. The lowest BCUT2D eigenvalue weighted by atomic mass is 10.3. The Morgan fingerprint density at radius 2 is 1.89 bits per heavy atom. The lowest BCUT2D eigenvalue weighted by Crippen LogP contribution is -2.34. The Balaban J connectivity index is 2.38. The molecule has 0 radical (unpaired) electrons. The fourth-order valence-corrected chi connectivity index (χ4v) is 2.94. The third kappa shape index (κ3) is 6.27. The SMILES string of the molecule is CCCCS(=O)(=O)NCCN(C)c1ccc(Cl)cc1.